The van der Waals surface area contributed by atoms with Gasteiger partial charge in [0.2, 0.25) is 5.91 Å². The van der Waals surface area contributed by atoms with E-state index in [0.29, 0.717) is 11.1 Å². The molecular formula is C15H18N2O2. The van der Waals surface area contributed by atoms with Crippen molar-refractivity contribution in [3.63, 3.8) is 0 Å². The van der Waals surface area contributed by atoms with Crippen molar-refractivity contribution in [3.05, 3.63) is 36.4 Å². The summed E-state index contributed by atoms with van der Waals surface area (Å²) >= 11 is 0. The Hall–Kier alpha value is -2.07. The van der Waals surface area contributed by atoms with Crippen LogP contribution >= 0.6 is 0 Å². The molecule has 1 amide bonds. The topological polar surface area (TPSA) is 75.4 Å². The minimum Gasteiger partial charge on any atom is -0.507 e. The second-order valence-electron chi connectivity index (χ2n) is 4.94. The van der Waals surface area contributed by atoms with Crippen LogP contribution in [0.2, 0.25) is 0 Å². The van der Waals surface area contributed by atoms with Gasteiger partial charge in [0.25, 0.3) is 0 Å². The normalized spacial score (nSPS) is 12.6. The number of aromatic hydroxyl groups is 1. The summed E-state index contributed by atoms with van der Waals surface area (Å²) in [5.41, 5.74) is 6.48. The third-order valence-corrected chi connectivity index (χ3v) is 3.18. The molecule has 2 aromatic rings. The fourth-order valence-electron chi connectivity index (χ4n) is 1.92. The van der Waals surface area contributed by atoms with Crippen molar-refractivity contribution >= 4 is 22.4 Å². The predicted octanol–water partition coefficient (Wildman–Crippen LogP) is 2.47. The molecule has 0 saturated heterocycles. The number of nitrogens with one attached hydrogen (secondary N) is 1. The first-order valence-electron chi connectivity index (χ1n) is 6.28. The van der Waals surface area contributed by atoms with Gasteiger partial charge in [-0.15, -0.1) is 0 Å². The molecule has 0 saturated carbocycles. The summed E-state index contributed by atoms with van der Waals surface area (Å²) in [7, 11) is 0. The van der Waals surface area contributed by atoms with Crippen molar-refractivity contribution < 1.29 is 9.90 Å². The molecule has 4 N–H and O–H groups in total. The number of nitrogens with two attached hydrogens (primary N) is 1. The summed E-state index contributed by atoms with van der Waals surface area (Å²) in [4.78, 5) is 12.0. The van der Waals surface area contributed by atoms with Crippen LogP contribution in [0.25, 0.3) is 10.8 Å². The van der Waals surface area contributed by atoms with E-state index < -0.39 is 6.04 Å². The van der Waals surface area contributed by atoms with E-state index in [0.717, 1.165) is 5.39 Å². The largest absolute Gasteiger partial charge is 0.507 e. The molecule has 2 aromatic carbocycles. The molecule has 0 unspecified atom stereocenters. The van der Waals surface area contributed by atoms with Gasteiger partial charge in [0, 0.05) is 16.5 Å². The first-order valence-corrected chi connectivity index (χ1v) is 6.28. The lowest BCUT2D eigenvalue weighted by Crippen LogP contribution is -2.39. The molecule has 4 nitrogen and oxygen atoms in total. The van der Waals surface area contributed by atoms with E-state index in [2.05, 4.69) is 5.32 Å². The number of benzene rings is 2. The third-order valence-electron chi connectivity index (χ3n) is 3.18. The first-order chi connectivity index (χ1) is 9.00. The number of hydrogen-bond donors (Lipinski definition) is 3. The minimum absolute atomic E-state index is 0.0726. The minimum atomic E-state index is -0.549. The molecule has 0 aliphatic carbocycles. The van der Waals surface area contributed by atoms with Crippen LogP contribution in [0.4, 0.5) is 5.69 Å². The molecule has 0 radical (unpaired) electrons. The summed E-state index contributed by atoms with van der Waals surface area (Å²) in [5, 5.41) is 14.1. The average Bonchev–Trinajstić information content (AvgIpc) is 2.39. The van der Waals surface area contributed by atoms with Gasteiger partial charge in [-0.2, -0.15) is 0 Å². The molecule has 0 heterocycles. The van der Waals surface area contributed by atoms with Crippen LogP contribution in [0, 0.1) is 5.92 Å². The summed E-state index contributed by atoms with van der Waals surface area (Å²) in [6.45, 7) is 3.80. The number of rotatable bonds is 3. The molecule has 4 heteroatoms. The lowest BCUT2D eigenvalue weighted by atomic mass is 10.0. The molecule has 19 heavy (non-hydrogen) atoms. The van der Waals surface area contributed by atoms with Gasteiger partial charge >= 0.3 is 0 Å². The molecule has 0 aliphatic rings. The zero-order valence-electron chi connectivity index (χ0n) is 11.1. The first kappa shape index (κ1) is 13.4. The van der Waals surface area contributed by atoms with Crippen LogP contribution in [-0.4, -0.2) is 17.1 Å². The molecule has 100 valence electrons. The number of hydrogen-bond acceptors (Lipinski definition) is 3. The maximum atomic E-state index is 12.0. The highest BCUT2D eigenvalue weighted by Crippen LogP contribution is 2.29. The van der Waals surface area contributed by atoms with Crippen molar-refractivity contribution in [2.45, 2.75) is 19.9 Å². The Bertz CT molecular complexity index is 608. The van der Waals surface area contributed by atoms with E-state index in [9.17, 15) is 9.90 Å². The lowest BCUT2D eigenvalue weighted by Gasteiger charge is -2.16. The smallest absolute Gasteiger partial charge is 0.241 e. The van der Waals surface area contributed by atoms with Gasteiger partial charge in [-0.3, -0.25) is 4.79 Å². The summed E-state index contributed by atoms with van der Waals surface area (Å²) in [6, 6.07) is 10.1. The van der Waals surface area contributed by atoms with Crippen LogP contribution in [-0.2, 0) is 4.79 Å². The molecule has 0 fully saturated rings. The number of anilines is 1. The maximum absolute atomic E-state index is 12.0. The number of amides is 1. The van der Waals surface area contributed by atoms with E-state index in [-0.39, 0.29) is 17.6 Å². The highest BCUT2D eigenvalue weighted by Gasteiger charge is 2.18. The van der Waals surface area contributed by atoms with Gasteiger partial charge in [0.05, 0.1) is 6.04 Å². The van der Waals surface area contributed by atoms with Crippen LogP contribution in [0.5, 0.6) is 5.75 Å². The van der Waals surface area contributed by atoms with E-state index in [4.69, 9.17) is 5.73 Å². The van der Waals surface area contributed by atoms with E-state index in [1.54, 1.807) is 24.3 Å². The quantitative estimate of drug-likeness (QED) is 0.791. The Morgan fingerprint density at radius 3 is 2.47 bits per heavy atom. The third kappa shape index (κ3) is 2.69. The van der Waals surface area contributed by atoms with Gasteiger partial charge in [-0.05, 0) is 18.1 Å². The zero-order chi connectivity index (χ0) is 14.0. The van der Waals surface area contributed by atoms with Crippen molar-refractivity contribution in [1.82, 2.24) is 0 Å². The molecule has 0 aromatic heterocycles. The lowest BCUT2D eigenvalue weighted by molar-refractivity contribution is -0.118. The molecule has 2 rings (SSSR count). The Balaban J connectivity index is 2.36. The monoisotopic (exact) mass is 258 g/mol. The van der Waals surface area contributed by atoms with Gasteiger partial charge in [0.1, 0.15) is 5.75 Å². The van der Waals surface area contributed by atoms with Crippen LogP contribution in [0.1, 0.15) is 13.8 Å². The summed E-state index contributed by atoms with van der Waals surface area (Å²) in [6.07, 6.45) is 0. The Morgan fingerprint density at radius 2 is 1.79 bits per heavy atom. The van der Waals surface area contributed by atoms with Crippen molar-refractivity contribution in [2.24, 2.45) is 11.7 Å². The SMILES string of the molecule is CC(C)[C@@H](N)C(=O)Nc1cccc2c(O)cccc12. The van der Waals surface area contributed by atoms with Crippen LogP contribution in [0.15, 0.2) is 36.4 Å². The van der Waals surface area contributed by atoms with E-state index in [1.165, 1.54) is 0 Å². The number of carbonyl (C=O) groups excluding carboxylic acids is 1. The highest BCUT2D eigenvalue weighted by atomic mass is 16.3. The average molecular weight is 258 g/mol. The van der Waals surface area contributed by atoms with Crippen molar-refractivity contribution in [3.8, 4) is 5.75 Å². The van der Waals surface area contributed by atoms with Crippen LogP contribution < -0.4 is 11.1 Å². The van der Waals surface area contributed by atoms with Gasteiger partial charge in [0.15, 0.2) is 0 Å². The second kappa shape index (κ2) is 5.28. The fraction of sp³-hybridized carbons (Fsp3) is 0.267. The highest BCUT2D eigenvalue weighted by molar-refractivity contribution is 6.05. The summed E-state index contributed by atoms with van der Waals surface area (Å²) < 4.78 is 0. The maximum Gasteiger partial charge on any atom is 0.241 e. The Kier molecular flexibility index (Phi) is 3.71. The molecule has 0 spiro atoms. The molecule has 0 aliphatic heterocycles. The molecule has 1 atom stereocenters. The molecular weight excluding hydrogens is 240 g/mol. The fourth-order valence-corrected chi connectivity index (χ4v) is 1.92. The standard InChI is InChI=1S/C15H18N2O2/c1-9(2)14(16)15(19)17-12-7-3-6-11-10(12)5-4-8-13(11)18/h3-9,14,18H,16H2,1-2H3,(H,17,19)/t14-/m1/s1. The number of phenolic OH excluding ortho intramolecular Hbond substituents is 1. The van der Waals surface area contributed by atoms with E-state index >= 15 is 0 Å². The van der Waals surface area contributed by atoms with Crippen molar-refractivity contribution in [2.75, 3.05) is 5.32 Å². The van der Waals surface area contributed by atoms with Crippen LogP contribution in [0.3, 0.4) is 0 Å². The number of fused-ring (bicyclic) bond motifs is 1. The van der Waals surface area contributed by atoms with Gasteiger partial charge < -0.3 is 16.2 Å². The Labute approximate surface area is 112 Å². The van der Waals surface area contributed by atoms with Crippen molar-refractivity contribution in [1.29, 1.82) is 0 Å². The van der Waals surface area contributed by atoms with Gasteiger partial charge in [-0.1, -0.05) is 38.1 Å². The van der Waals surface area contributed by atoms with E-state index in [1.807, 2.05) is 26.0 Å². The summed E-state index contributed by atoms with van der Waals surface area (Å²) in [5.74, 6) is 0.0518. The van der Waals surface area contributed by atoms with Gasteiger partial charge in [-0.25, -0.2) is 0 Å². The second-order valence-corrected chi connectivity index (χ2v) is 4.94. The zero-order valence-corrected chi connectivity index (χ0v) is 11.1. The number of carbonyl (C=O) groups is 1. The molecule has 0 bridgehead atoms. The number of phenols is 1. The predicted molar refractivity (Wildman–Crippen MR) is 77.1 cm³/mol. The Morgan fingerprint density at radius 1 is 1.16 bits per heavy atom.